The van der Waals surface area contributed by atoms with Gasteiger partial charge in [0.2, 0.25) is 0 Å². The molecule has 518 valence electrons. The van der Waals surface area contributed by atoms with Crippen molar-refractivity contribution < 1.29 is 37.0 Å². The molecule has 0 bridgehead atoms. The number of nitrogens with zero attached hydrogens (tertiary/aromatic N) is 14. The molecule has 0 radical (unpaired) electrons. The van der Waals surface area contributed by atoms with Gasteiger partial charge in [-0.15, -0.1) is 0 Å². The molecule has 15 rings (SSSR count). The maximum absolute atomic E-state index is 13.6. The molecule has 24 nitrogen and oxygen atoms in total. The molecule has 9 N–H and O–H groups in total. The highest BCUT2D eigenvalue weighted by atomic mass is 79.9. The van der Waals surface area contributed by atoms with Gasteiger partial charge in [0.1, 0.15) is 65.3 Å². The molecule has 0 saturated heterocycles. The van der Waals surface area contributed by atoms with Crippen LogP contribution in [0.3, 0.4) is 0 Å². The molecule has 104 heavy (non-hydrogen) atoms. The lowest BCUT2D eigenvalue weighted by Crippen LogP contribution is -2.10. The first-order valence-electron chi connectivity index (χ1n) is 31.9. The van der Waals surface area contributed by atoms with Gasteiger partial charge in [0.15, 0.2) is 0 Å². The fraction of sp³-hybridized carbons (Fsp3) is 0.0921. The normalized spacial score (nSPS) is 10.9. The summed E-state index contributed by atoms with van der Waals surface area (Å²) in [5, 5.41) is 17.4. The average Bonchev–Trinajstić information content (AvgIpc) is 1.04. The second kappa shape index (κ2) is 30.9. The highest BCUT2D eigenvalue weighted by molar-refractivity contribution is 9.10. The predicted molar refractivity (Wildman–Crippen MR) is 393 cm³/mol. The van der Waals surface area contributed by atoms with Crippen LogP contribution in [0.4, 0.5) is 30.6 Å². The number of hydrogen-bond donors (Lipinski definition) is 5. The summed E-state index contributed by atoms with van der Waals surface area (Å²) >= 11 is 3.45. The predicted octanol–water partition coefficient (Wildman–Crippen LogP) is 14.2. The molecule has 0 spiro atoms. The van der Waals surface area contributed by atoms with E-state index in [1.54, 1.807) is 62.8 Å². The number of anilines is 3. The number of amides is 1. The number of fused-ring (bicyclic) bond motifs is 3. The number of H-pyrrole nitrogens is 1. The van der Waals surface area contributed by atoms with Gasteiger partial charge in [-0.2, -0.15) is 15.3 Å². The molecule has 15 aromatic rings. The van der Waals surface area contributed by atoms with E-state index in [9.17, 15) is 27.6 Å². The smallest absolute Gasteiger partial charge is 0.341 e. The summed E-state index contributed by atoms with van der Waals surface area (Å²) in [4.78, 5) is 74.1. The zero-order valence-electron chi connectivity index (χ0n) is 56.1. The minimum atomic E-state index is -0.596. The monoisotopic (exact) mass is 1460 g/mol. The molecule has 9 heterocycles. The van der Waals surface area contributed by atoms with Crippen LogP contribution in [0.15, 0.2) is 206 Å². The molecule has 0 atom stereocenters. The average molecular weight is 1460 g/mol. The van der Waals surface area contributed by atoms with Crippen molar-refractivity contribution in [1.82, 2.24) is 74.6 Å². The number of rotatable bonds is 13. The summed E-state index contributed by atoms with van der Waals surface area (Å²) < 4.78 is 53.9. The molecule has 0 aliphatic heterocycles. The Kier molecular flexibility index (Phi) is 20.9. The zero-order chi connectivity index (χ0) is 73.3. The lowest BCUT2D eigenvalue weighted by molar-refractivity contribution is 0.0516. The van der Waals surface area contributed by atoms with Crippen LogP contribution >= 0.6 is 15.9 Å². The first-order chi connectivity index (χ1) is 50.2. The van der Waals surface area contributed by atoms with Gasteiger partial charge in [0.05, 0.1) is 86.6 Å². The van der Waals surface area contributed by atoms with E-state index < -0.39 is 11.9 Å². The lowest BCUT2D eigenvalue weighted by Gasteiger charge is -2.15. The first-order valence-corrected chi connectivity index (χ1v) is 32.7. The number of benzene rings is 6. The van der Waals surface area contributed by atoms with Crippen molar-refractivity contribution in [3.05, 3.63) is 257 Å². The number of aryl methyl sites for hydroxylation is 3. The first kappa shape index (κ1) is 70.4. The van der Waals surface area contributed by atoms with Gasteiger partial charge >= 0.3 is 11.9 Å². The number of nitrogen functional groups attached to an aromatic ring is 3. The zero-order valence-corrected chi connectivity index (χ0v) is 57.7. The molecule has 0 aliphatic rings. The van der Waals surface area contributed by atoms with E-state index in [0.29, 0.717) is 67.6 Å². The number of carbonyl (C=O) groups is 3. The molecular formula is C76H61BrF3N19O5. The van der Waals surface area contributed by atoms with Crippen LogP contribution in [-0.4, -0.2) is 106 Å². The fourth-order valence-corrected chi connectivity index (χ4v) is 11.4. The Labute approximate surface area is 599 Å². The number of pyridine rings is 3. The van der Waals surface area contributed by atoms with E-state index in [0.717, 1.165) is 88.7 Å². The molecule has 0 fully saturated rings. The quantitative estimate of drug-likeness (QED) is 0.0669. The van der Waals surface area contributed by atoms with Crippen LogP contribution in [0.1, 0.15) is 62.0 Å². The molecule has 9 aromatic heterocycles. The second-order valence-corrected chi connectivity index (χ2v) is 23.9. The molecule has 28 heteroatoms. The topological polar surface area (TPSA) is 354 Å². The van der Waals surface area contributed by atoms with Crippen LogP contribution in [0.2, 0.25) is 0 Å². The number of nitrogens with two attached hydrogens (primary N) is 4. The lowest BCUT2D eigenvalue weighted by atomic mass is 9.97. The molecule has 0 unspecified atom stereocenters. The number of carbonyl (C=O) groups excluding carboxylic acids is 3. The van der Waals surface area contributed by atoms with Crippen LogP contribution in [0.25, 0.3) is 111 Å². The molecule has 1 amide bonds. The number of esters is 2. The van der Waals surface area contributed by atoms with E-state index in [1.165, 1.54) is 89.4 Å². The number of hydrogen-bond acceptors (Lipinski definition) is 20. The van der Waals surface area contributed by atoms with Crippen molar-refractivity contribution in [1.29, 1.82) is 0 Å². The Balaban J connectivity index is 0.000000138. The van der Waals surface area contributed by atoms with E-state index in [-0.39, 0.29) is 47.2 Å². The number of aromatic nitrogens is 15. The number of halogens is 4. The summed E-state index contributed by atoms with van der Waals surface area (Å²) in [6, 6.07) is 41.6. The van der Waals surface area contributed by atoms with Crippen LogP contribution in [0.5, 0.6) is 0 Å². The van der Waals surface area contributed by atoms with Crippen molar-refractivity contribution in [3.63, 3.8) is 0 Å². The summed E-state index contributed by atoms with van der Waals surface area (Å²) in [6.07, 6.45) is 13.4. The largest absolute Gasteiger partial charge is 0.462 e. The van der Waals surface area contributed by atoms with Gasteiger partial charge in [-0.05, 0) is 195 Å². The third-order valence-corrected chi connectivity index (χ3v) is 17.0. The minimum Gasteiger partial charge on any atom is -0.462 e. The van der Waals surface area contributed by atoms with Gasteiger partial charge < -0.3 is 32.4 Å². The maximum atomic E-state index is 13.6. The standard InChI is InChI=1S/C26H21FN6O2.C24H18FN7O.C20H14BrFN4.C6H8N2O2/c1-3-35-26(34)18-12-31-33(13-18)23-11-21(17-6-9-22-20(10-17)15(2)29-14-30-22)24(32-25(23)28)16-4-7-19(27)8-5-16;1-13-18-8-15(4-7-20(18)29-12-28-13)19-9-21(32-11-16(10-30-32)24(27)33)23(26)31-22(19)14-2-5-17(25)6-3-14;1-11-15-8-13(4-7-18(15)25-10-24-11)16-9-17(21)20(23)26-19(16)12-2-5-14(22)6-3-12;1-2-10-6(9)5-3-7-8-4-5/h4-14H,3H2,1-2H3,(H2,28,32);2-12H,1H3,(H2,26,31)(H2,27,33);2-10H,1H3,(H2,23,26);3-4H,2H2,1H3,(H,7,8). The number of aromatic amines is 1. The van der Waals surface area contributed by atoms with Crippen LogP contribution in [0, 0.1) is 38.2 Å². The van der Waals surface area contributed by atoms with Crippen LogP contribution in [-0.2, 0) is 9.47 Å². The van der Waals surface area contributed by atoms with E-state index in [1.807, 2.05) is 93.6 Å². The molecule has 0 aliphatic carbocycles. The van der Waals surface area contributed by atoms with Crippen molar-refractivity contribution in [2.75, 3.05) is 30.4 Å². The van der Waals surface area contributed by atoms with Crippen LogP contribution < -0.4 is 22.9 Å². The molecule has 6 aromatic carbocycles. The van der Waals surface area contributed by atoms with Gasteiger partial charge in [0.25, 0.3) is 5.91 Å². The van der Waals surface area contributed by atoms with Gasteiger partial charge in [-0.25, -0.2) is 77.0 Å². The Morgan fingerprint density at radius 1 is 0.452 bits per heavy atom. The minimum absolute atomic E-state index is 0.192. The maximum Gasteiger partial charge on any atom is 0.341 e. The third kappa shape index (κ3) is 15.6. The summed E-state index contributed by atoms with van der Waals surface area (Å²) in [5.74, 6) is -1.62. The number of primary amides is 1. The Hall–Kier alpha value is -13.5. The fourth-order valence-electron chi connectivity index (χ4n) is 11.0. The highest BCUT2D eigenvalue weighted by Gasteiger charge is 2.22. The Morgan fingerprint density at radius 2 is 0.808 bits per heavy atom. The SMILES string of the molecule is CCOC(=O)c1cn[nH]c1.CCOC(=O)c1cnn(-c2cc(-c3ccc4ncnc(C)c4c3)c(-c3ccc(F)cc3)nc2N)c1.Cc1ncnc2ccc(-c3cc(-n4cc(C(N)=O)cn4)c(N)nc3-c3ccc(F)cc3)cc12.Cc1ncnc2ccc(-c3cc(Br)c(N)nc3-c3ccc(F)cc3)cc12. The van der Waals surface area contributed by atoms with Crippen molar-refractivity contribution in [2.45, 2.75) is 34.6 Å². The van der Waals surface area contributed by atoms with Gasteiger partial charge in [-0.1, -0.05) is 18.2 Å². The molecule has 0 saturated carbocycles. The Bertz CT molecular complexity index is 5710. The van der Waals surface area contributed by atoms with Crippen molar-refractivity contribution >= 4 is 83.9 Å². The Morgan fingerprint density at radius 3 is 1.17 bits per heavy atom. The van der Waals surface area contributed by atoms with E-state index >= 15 is 0 Å². The summed E-state index contributed by atoms with van der Waals surface area (Å²) in [7, 11) is 0. The second-order valence-electron chi connectivity index (χ2n) is 23.1. The van der Waals surface area contributed by atoms with Gasteiger partial charge in [-0.3, -0.25) is 9.89 Å². The van der Waals surface area contributed by atoms with E-state index in [2.05, 4.69) is 85.9 Å². The van der Waals surface area contributed by atoms with Crippen molar-refractivity contribution in [3.8, 4) is 78.5 Å². The van der Waals surface area contributed by atoms with Crippen molar-refractivity contribution in [2.24, 2.45) is 5.73 Å². The van der Waals surface area contributed by atoms with Gasteiger partial charge in [0, 0.05) is 85.2 Å². The summed E-state index contributed by atoms with van der Waals surface area (Å²) in [5.41, 5.74) is 40.1. The number of nitrogens with one attached hydrogen (secondary N) is 1. The number of ether oxygens (including phenoxy) is 2. The van der Waals surface area contributed by atoms with E-state index in [4.69, 9.17) is 27.7 Å². The summed E-state index contributed by atoms with van der Waals surface area (Å²) in [6.45, 7) is 9.93. The highest BCUT2D eigenvalue weighted by Crippen LogP contribution is 2.40. The third-order valence-electron chi connectivity index (χ3n) is 16.3. The molecular weight excluding hydrogens is 1400 g/mol.